The Morgan fingerprint density at radius 2 is 2.06 bits per heavy atom. The van der Waals surface area contributed by atoms with Gasteiger partial charge >= 0.3 is 5.97 Å². The molecule has 0 aromatic carbocycles. The van der Waals surface area contributed by atoms with E-state index in [9.17, 15) is 9.59 Å². The maximum Gasteiger partial charge on any atom is 0.338 e. The summed E-state index contributed by atoms with van der Waals surface area (Å²) in [5, 5.41) is 12.0. The molecular formula is C11H8BrNO3S2. The van der Waals surface area contributed by atoms with Crippen molar-refractivity contribution in [2.75, 3.05) is 5.32 Å². The minimum absolute atomic E-state index is 0.126. The minimum atomic E-state index is -1.04. The fourth-order valence-corrected chi connectivity index (χ4v) is 3.55. The lowest BCUT2D eigenvalue weighted by Gasteiger charge is -2.01. The zero-order valence-corrected chi connectivity index (χ0v) is 12.4. The molecule has 18 heavy (non-hydrogen) atoms. The first-order valence-corrected chi connectivity index (χ1v) is 7.30. The lowest BCUT2D eigenvalue weighted by atomic mass is 10.3. The number of carboxylic acid groups (broad SMARTS) is 1. The van der Waals surface area contributed by atoms with Gasteiger partial charge in [0.05, 0.1) is 14.2 Å². The molecule has 0 spiro atoms. The molecule has 2 heterocycles. The van der Waals surface area contributed by atoms with Crippen LogP contribution in [0, 0.1) is 6.92 Å². The van der Waals surface area contributed by atoms with E-state index < -0.39 is 5.97 Å². The van der Waals surface area contributed by atoms with E-state index in [0.29, 0.717) is 9.88 Å². The Balaban J connectivity index is 2.24. The predicted octanol–water partition coefficient (Wildman–Crippen LogP) is 3.83. The third-order valence-electron chi connectivity index (χ3n) is 2.11. The predicted molar refractivity (Wildman–Crippen MR) is 76.0 cm³/mol. The molecule has 7 heteroatoms. The van der Waals surface area contributed by atoms with Gasteiger partial charge in [0.25, 0.3) is 5.91 Å². The van der Waals surface area contributed by atoms with Crippen molar-refractivity contribution in [1.29, 1.82) is 0 Å². The number of aryl methyl sites for hydroxylation is 1. The molecule has 1 amide bonds. The molecule has 2 rings (SSSR count). The second-order valence-corrected chi connectivity index (χ2v) is 7.18. The first-order valence-electron chi connectivity index (χ1n) is 4.88. The third kappa shape index (κ3) is 2.80. The van der Waals surface area contributed by atoms with Crippen molar-refractivity contribution in [1.82, 2.24) is 0 Å². The van der Waals surface area contributed by atoms with E-state index in [0.717, 1.165) is 8.66 Å². The van der Waals surface area contributed by atoms with Gasteiger partial charge in [0, 0.05) is 4.88 Å². The Labute approximate surface area is 119 Å². The summed E-state index contributed by atoms with van der Waals surface area (Å²) in [5.41, 5.74) is 0.126. The summed E-state index contributed by atoms with van der Waals surface area (Å²) in [4.78, 5) is 24.3. The number of carboxylic acids is 1. The van der Waals surface area contributed by atoms with Gasteiger partial charge in [-0.2, -0.15) is 0 Å². The highest BCUT2D eigenvalue weighted by atomic mass is 79.9. The van der Waals surface area contributed by atoms with Gasteiger partial charge in [-0.15, -0.1) is 22.7 Å². The van der Waals surface area contributed by atoms with Gasteiger partial charge in [0.2, 0.25) is 0 Å². The Bertz CT molecular complexity index is 618. The summed E-state index contributed by atoms with van der Waals surface area (Å²) in [6.45, 7) is 1.80. The van der Waals surface area contributed by atoms with Crippen LogP contribution in [0.25, 0.3) is 0 Å². The van der Waals surface area contributed by atoms with Gasteiger partial charge in [-0.1, -0.05) is 0 Å². The van der Waals surface area contributed by atoms with Crippen LogP contribution >= 0.6 is 38.6 Å². The van der Waals surface area contributed by atoms with Crippen LogP contribution in [0.3, 0.4) is 0 Å². The smallest absolute Gasteiger partial charge is 0.338 e. The van der Waals surface area contributed by atoms with Crippen molar-refractivity contribution in [2.45, 2.75) is 6.92 Å². The molecule has 4 nitrogen and oxygen atoms in total. The number of nitrogens with one attached hydrogen (secondary N) is 1. The number of carbonyl (C=O) groups excluding carboxylic acids is 1. The summed E-state index contributed by atoms with van der Waals surface area (Å²) in [6, 6.07) is 5.01. The van der Waals surface area contributed by atoms with Crippen LogP contribution in [-0.2, 0) is 0 Å². The Morgan fingerprint density at radius 3 is 2.61 bits per heavy atom. The van der Waals surface area contributed by atoms with Crippen molar-refractivity contribution in [3.63, 3.8) is 0 Å². The van der Waals surface area contributed by atoms with Crippen LogP contribution in [0.4, 0.5) is 5.00 Å². The number of carbonyl (C=O) groups is 2. The van der Waals surface area contributed by atoms with Crippen molar-refractivity contribution < 1.29 is 14.7 Å². The molecule has 0 aliphatic rings. The van der Waals surface area contributed by atoms with Gasteiger partial charge in [-0.3, -0.25) is 4.79 Å². The number of rotatable bonds is 3. The SMILES string of the molecule is Cc1cc(C(=O)O)c(NC(=O)c2ccc(Br)s2)s1. The molecule has 2 aromatic rings. The van der Waals surface area contributed by atoms with Crippen LogP contribution in [0.15, 0.2) is 22.0 Å². The zero-order valence-electron chi connectivity index (χ0n) is 9.19. The molecule has 0 saturated carbocycles. The van der Waals surface area contributed by atoms with Gasteiger partial charge < -0.3 is 10.4 Å². The molecular weight excluding hydrogens is 338 g/mol. The van der Waals surface area contributed by atoms with Gasteiger partial charge in [0.1, 0.15) is 5.00 Å². The number of thiophene rings is 2. The highest BCUT2D eigenvalue weighted by molar-refractivity contribution is 9.11. The maximum absolute atomic E-state index is 11.9. The monoisotopic (exact) mass is 345 g/mol. The summed E-state index contributed by atoms with van der Waals surface area (Å²) < 4.78 is 0.855. The van der Waals surface area contributed by atoms with E-state index in [1.54, 1.807) is 25.1 Å². The number of anilines is 1. The summed E-state index contributed by atoms with van der Waals surface area (Å²) in [5.74, 6) is -1.34. The van der Waals surface area contributed by atoms with Crippen molar-refractivity contribution in [3.8, 4) is 0 Å². The topological polar surface area (TPSA) is 66.4 Å². The molecule has 0 aliphatic carbocycles. The van der Waals surface area contributed by atoms with Gasteiger partial charge in [0.15, 0.2) is 0 Å². The highest BCUT2D eigenvalue weighted by Gasteiger charge is 2.17. The van der Waals surface area contributed by atoms with Crippen LogP contribution in [-0.4, -0.2) is 17.0 Å². The van der Waals surface area contributed by atoms with Crippen molar-refractivity contribution in [3.05, 3.63) is 37.3 Å². The van der Waals surface area contributed by atoms with Gasteiger partial charge in [-0.05, 0) is 41.1 Å². The third-order valence-corrected chi connectivity index (χ3v) is 4.70. The molecule has 2 N–H and O–H groups in total. The van der Waals surface area contributed by atoms with E-state index in [4.69, 9.17) is 5.11 Å². The molecule has 0 atom stereocenters. The number of hydrogen-bond donors (Lipinski definition) is 2. The molecule has 0 aliphatic heterocycles. The summed E-state index contributed by atoms with van der Waals surface area (Å²) in [6.07, 6.45) is 0. The normalized spacial score (nSPS) is 10.3. The van der Waals surface area contributed by atoms with E-state index in [1.807, 2.05) is 0 Å². The molecule has 0 radical (unpaired) electrons. The van der Waals surface area contributed by atoms with Crippen molar-refractivity contribution >= 4 is 55.5 Å². The first-order chi connectivity index (χ1) is 8.47. The number of hydrogen-bond acceptors (Lipinski definition) is 4. The molecule has 0 saturated heterocycles. The standard InChI is InChI=1S/C11H8BrNO3S2/c1-5-4-6(11(15)16)10(17-5)13-9(14)7-2-3-8(12)18-7/h2-4H,1H3,(H,13,14)(H,15,16). The second-order valence-electron chi connectivity index (χ2n) is 3.46. The number of amides is 1. The van der Waals surface area contributed by atoms with Gasteiger partial charge in [-0.25, -0.2) is 4.79 Å². The molecule has 0 fully saturated rings. The molecule has 0 unspecified atom stereocenters. The highest BCUT2D eigenvalue weighted by Crippen LogP contribution is 2.29. The molecule has 94 valence electrons. The zero-order chi connectivity index (χ0) is 13.3. The number of halogens is 1. The molecule has 0 bridgehead atoms. The molecule has 2 aromatic heterocycles. The largest absolute Gasteiger partial charge is 0.478 e. The van der Waals surface area contributed by atoms with Crippen molar-refractivity contribution in [2.24, 2.45) is 0 Å². The lowest BCUT2D eigenvalue weighted by Crippen LogP contribution is -2.11. The second kappa shape index (κ2) is 5.21. The fraction of sp³-hybridized carbons (Fsp3) is 0.0909. The van der Waals surface area contributed by atoms with E-state index in [-0.39, 0.29) is 11.5 Å². The minimum Gasteiger partial charge on any atom is -0.478 e. The van der Waals surface area contributed by atoms with Crippen LogP contribution < -0.4 is 5.32 Å². The first kappa shape index (κ1) is 13.3. The quantitative estimate of drug-likeness (QED) is 0.888. The van der Waals surface area contributed by atoms with E-state index in [1.165, 1.54) is 22.7 Å². The summed E-state index contributed by atoms with van der Waals surface area (Å²) >= 11 is 5.83. The van der Waals surface area contributed by atoms with Crippen LogP contribution in [0.1, 0.15) is 24.9 Å². The maximum atomic E-state index is 11.9. The number of aromatic carboxylic acids is 1. The van der Waals surface area contributed by atoms with Crippen LogP contribution in [0.2, 0.25) is 0 Å². The summed E-state index contributed by atoms with van der Waals surface area (Å²) in [7, 11) is 0. The Hall–Kier alpha value is -1.18. The van der Waals surface area contributed by atoms with Crippen LogP contribution in [0.5, 0.6) is 0 Å². The Kier molecular flexibility index (Phi) is 3.84. The van der Waals surface area contributed by atoms with E-state index >= 15 is 0 Å². The average Bonchev–Trinajstić information content (AvgIpc) is 2.85. The lowest BCUT2D eigenvalue weighted by molar-refractivity contribution is 0.0698. The average molecular weight is 346 g/mol. The van der Waals surface area contributed by atoms with E-state index in [2.05, 4.69) is 21.2 Å². The fourth-order valence-electron chi connectivity index (χ4n) is 1.37. The Morgan fingerprint density at radius 1 is 1.33 bits per heavy atom.